The second-order valence-electron chi connectivity index (χ2n) is 11.5. The molecule has 0 aliphatic heterocycles. The fourth-order valence-corrected chi connectivity index (χ4v) is 4.92. The van der Waals surface area contributed by atoms with Crippen molar-refractivity contribution in [2.75, 3.05) is 41.3 Å². The highest BCUT2D eigenvalue weighted by atomic mass is 79.9. The summed E-state index contributed by atoms with van der Waals surface area (Å²) in [6, 6.07) is 36.1. The number of carbonyl (C=O) groups is 2. The number of hydrogen-bond donors (Lipinski definition) is 0. The van der Waals surface area contributed by atoms with Crippen LogP contribution in [0.15, 0.2) is 109 Å². The van der Waals surface area contributed by atoms with E-state index in [1.165, 1.54) is 11.1 Å². The predicted molar refractivity (Wildman–Crippen MR) is 155 cm³/mol. The van der Waals surface area contributed by atoms with Gasteiger partial charge in [-0.2, -0.15) is 0 Å². The number of quaternary nitrogens is 2. The summed E-state index contributed by atoms with van der Waals surface area (Å²) in [7, 11) is 8.35. The SMILES string of the molecule is C[N+](C)(CC(=O)c1ccc(-c2ccc(C(=O)C[N+](C)(C)Cc3ccccc3)cc2)cc1)Cc1ccccc1.[Br-].[Br-]. The summed E-state index contributed by atoms with van der Waals surface area (Å²) in [5, 5.41) is 0. The molecule has 0 saturated carbocycles. The van der Waals surface area contributed by atoms with E-state index < -0.39 is 0 Å². The van der Waals surface area contributed by atoms with E-state index in [1.54, 1.807) is 0 Å². The first kappa shape index (κ1) is 33.3. The zero-order chi connectivity index (χ0) is 27.2. The Balaban J connectivity index is 0.00000280. The third-order valence-corrected chi connectivity index (χ3v) is 6.80. The van der Waals surface area contributed by atoms with Crippen molar-refractivity contribution in [2.45, 2.75) is 13.1 Å². The van der Waals surface area contributed by atoms with Crippen LogP contribution in [0.2, 0.25) is 0 Å². The maximum absolute atomic E-state index is 13.0. The summed E-state index contributed by atoms with van der Waals surface area (Å²) in [5.41, 5.74) is 5.94. The van der Waals surface area contributed by atoms with Crippen molar-refractivity contribution in [3.05, 3.63) is 131 Å². The second-order valence-corrected chi connectivity index (χ2v) is 11.5. The van der Waals surface area contributed by atoms with Gasteiger partial charge >= 0.3 is 0 Å². The zero-order valence-corrected chi connectivity index (χ0v) is 26.9. The van der Waals surface area contributed by atoms with Gasteiger partial charge in [-0.25, -0.2) is 0 Å². The van der Waals surface area contributed by atoms with Crippen LogP contribution in [0.1, 0.15) is 31.8 Å². The van der Waals surface area contributed by atoms with Gasteiger partial charge in [0.25, 0.3) is 0 Å². The molecular formula is C34H38Br2N2O2. The van der Waals surface area contributed by atoms with Gasteiger partial charge in [-0.1, -0.05) is 109 Å². The molecule has 0 unspecified atom stereocenters. The summed E-state index contributed by atoms with van der Waals surface area (Å²) in [4.78, 5) is 26.0. The standard InChI is InChI=1S/C34H38N2O2.2BrH/c1-35(2,23-27-11-7-5-8-12-27)25-33(37)31-19-15-29(16-20-31)30-17-21-32(22-18-30)34(38)26-36(3,4)24-28-13-9-6-10-14-28;;/h5-22H,23-26H2,1-4H3;2*1H/q+2;;/p-2. The van der Waals surface area contributed by atoms with Gasteiger partial charge in [0, 0.05) is 22.3 Å². The molecule has 4 aromatic rings. The van der Waals surface area contributed by atoms with E-state index in [1.807, 2.05) is 84.9 Å². The minimum absolute atomic E-state index is 0. The van der Waals surface area contributed by atoms with Gasteiger partial charge in [-0.05, 0) is 11.1 Å². The Bertz CT molecular complexity index is 1260. The molecule has 40 heavy (non-hydrogen) atoms. The maximum atomic E-state index is 13.0. The van der Waals surface area contributed by atoms with Gasteiger partial charge in [0.2, 0.25) is 11.6 Å². The molecular weight excluding hydrogens is 628 g/mol. The van der Waals surface area contributed by atoms with E-state index in [-0.39, 0.29) is 45.5 Å². The average Bonchev–Trinajstić information content (AvgIpc) is 2.89. The van der Waals surface area contributed by atoms with Gasteiger partial charge in [0.05, 0.1) is 28.2 Å². The van der Waals surface area contributed by atoms with E-state index in [2.05, 4.69) is 52.5 Å². The normalized spacial score (nSPS) is 11.2. The Morgan fingerprint density at radius 1 is 0.475 bits per heavy atom. The number of rotatable bonds is 11. The molecule has 0 amide bonds. The van der Waals surface area contributed by atoms with Crippen LogP contribution in [0.25, 0.3) is 11.1 Å². The summed E-state index contributed by atoms with van der Waals surface area (Å²) >= 11 is 0. The molecule has 0 aromatic heterocycles. The second kappa shape index (κ2) is 14.6. The van der Waals surface area contributed by atoms with Gasteiger partial charge in [-0.15, -0.1) is 0 Å². The molecule has 0 spiro atoms. The van der Waals surface area contributed by atoms with Gasteiger partial charge in [-0.3, -0.25) is 9.59 Å². The highest BCUT2D eigenvalue weighted by Crippen LogP contribution is 2.22. The molecule has 6 heteroatoms. The third-order valence-electron chi connectivity index (χ3n) is 6.80. The summed E-state index contributed by atoms with van der Waals surface area (Å²) in [5.74, 6) is 0.268. The highest BCUT2D eigenvalue weighted by Gasteiger charge is 2.23. The number of nitrogens with zero attached hydrogens (tertiary/aromatic N) is 2. The zero-order valence-electron chi connectivity index (χ0n) is 23.7. The van der Waals surface area contributed by atoms with Crippen molar-refractivity contribution in [3.63, 3.8) is 0 Å². The van der Waals surface area contributed by atoms with Crippen molar-refractivity contribution in [2.24, 2.45) is 0 Å². The lowest BCUT2D eigenvalue weighted by Crippen LogP contribution is -3.00. The lowest BCUT2D eigenvalue weighted by molar-refractivity contribution is -0.895. The van der Waals surface area contributed by atoms with E-state index in [0.717, 1.165) is 35.3 Å². The van der Waals surface area contributed by atoms with Crippen molar-refractivity contribution in [3.8, 4) is 11.1 Å². The van der Waals surface area contributed by atoms with E-state index in [4.69, 9.17) is 0 Å². The van der Waals surface area contributed by atoms with Gasteiger partial charge in [0.1, 0.15) is 26.2 Å². The minimum Gasteiger partial charge on any atom is -1.00 e. The molecule has 0 heterocycles. The number of hydrogen-bond acceptors (Lipinski definition) is 2. The van der Waals surface area contributed by atoms with Crippen LogP contribution in [0.4, 0.5) is 0 Å². The number of carbonyl (C=O) groups excluding carboxylic acids is 2. The molecule has 0 atom stereocenters. The lowest BCUT2D eigenvalue weighted by Gasteiger charge is -2.29. The van der Waals surface area contributed by atoms with Crippen LogP contribution in [0.5, 0.6) is 0 Å². The van der Waals surface area contributed by atoms with E-state index >= 15 is 0 Å². The molecule has 210 valence electrons. The molecule has 0 bridgehead atoms. The lowest BCUT2D eigenvalue weighted by atomic mass is 10.00. The highest BCUT2D eigenvalue weighted by molar-refractivity contribution is 5.98. The van der Waals surface area contributed by atoms with Crippen molar-refractivity contribution >= 4 is 11.6 Å². The molecule has 4 rings (SSSR count). The topological polar surface area (TPSA) is 34.1 Å². The number of benzene rings is 4. The van der Waals surface area contributed by atoms with Crippen LogP contribution in [0, 0.1) is 0 Å². The fraction of sp³-hybridized carbons (Fsp3) is 0.235. The molecule has 0 fully saturated rings. The summed E-state index contributed by atoms with van der Waals surface area (Å²) < 4.78 is 1.20. The summed E-state index contributed by atoms with van der Waals surface area (Å²) in [6.07, 6.45) is 0. The molecule has 0 aliphatic carbocycles. The van der Waals surface area contributed by atoms with Crippen molar-refractivity contribution in [1.29, 1.82) is 0 Å². The third kappa shape index (κ3) is 9.63. The number of Topliss-reactive ketones (excluding diaryl/α,β-unsaturated/α-hetero) is 2. The van der Waals surface area contributed by atoms with Crippen LogP contribution in [-0.4, -0.2) is 61.8 Å². The van der Waals surface area contributed by atoms with Gasteiger partial charge in [0.15, 0.2) is 0 Å². The molecule has 4 nitrogen and oxygen atoms in total. The average molecular weight is 666 g/mol. The van der Waals surface area contributed by atoms with Crippen LogP contribution in [-0.2, 0) is 13.1 Å². The van der Waals surface area contributed by atoms with E-state index in [0.29, 0.717) is 22.1 Å². The smallest absolute Gasteiger partial charge is 0.216 e. The quantitative estimate of drug-likeness (QED) is 0.171. The number of ketones is 2. The Labute approximate surface area is 260 Å². The maximum Gasteiger partial charge on any atom is 0.216 e. The Hall–Kier alpha value is -2.90. The first-order valence-corrected chi connectivity index (χ1v) is 13.1. The Morgan fingerprint density at radius 3 is 1.07 bits per heavy atom. The van der Waals surface area contributed by atoms with Crippen LogP contribution in [0.3, 0.4) is 0 Å². The van der Waals surface area contributed by atoms with Crippen LogP contribution >= 0.6 is 0 Å². The molecule has 0 radical (unpaired) electrons. The molecule has 0 aliphatic rings. The van der Waals surface area contributed by atoms with Crippen LogP contribution < -0.4 is 34.0 Å². The first-order chi connectivity index (χ1) is 18.1. The van der Waals surface area contributed by atoms with E-state index in [9.17, 15) is 9.59 Å². The fourth-order valence-electron chi connectivity index (χ4n) is 4.92. The van der Waals surface area contributed by atoms with Crippen molar-refractivity contribution < 1.29 is 52.5 Å². The summed E-state index contributed by atoms with van der Waals surface area (Å²) in [6.45, 7) is 2.48. The first-order valence-electron chi connectivity index (χ1n) is 13.1. The number of likely N-dealkylation sites (N-methyl/N-ethyl adjacent to an activating group) is 2. The molecule has 4 aromatic carbocycles. The predicted octanol–water partition coefficient (Wildman–Crippen LogP) is 0.280. The Morgan fingerprint density at radius 2 is 0.775 bits per heavy atom. The minimum atomic E-state index is 0. The van der Waals surface area contributed by atoms with Crippen molar-refractivity contribution in [1.82, 2.24) is 0 Å². The largest absolute Gasteiger partial charge is 1.00 e. The number of halogens is 2. The monoisotopic (exact) mass is 664 g/mol. The van der Waals surface area contributed by atoms with Gasteiger partial charge < -0.3 is 42.9 Å². The molecule has 0 N–H and O–H groups in total. The Kier molecular flexibility index (Phi) is 12.2. The molecule has 0 saturated heterocycles.